The van der Waals surface area contributed by atoms with Crippen LogP contribution in [-0.2, 0) is 16.6 Å². The number of thioether (sulfide) groups is 1. The van der Waals surface area contributed by atoms with Gasteiger partial charge in [0.2, 0.25) is 15.2 Å². The number of anilines is 1. The zero-order chi connectivity index (χ0) is 22.4. The quantitative estimate of drug-likeness (QED) is 0.355. The third kappa shape index (κ3) is 5.74. The Morgan fingerprint density at radius 2 is 1.72 bits per heavy atom. The Balaban J connectivity index is 1.30. The van der Waals surface area contributed by atoms with Crippen LogP contribution in [0.15, 0.2) is 63.8 Å². The summed E-state index contributed by atoms with van der Waals surface area (Å²) < 4.78 is 27.7. The number of Topliss-reactive ketones (excluding diaryl/α,β-unsaturated/α-hetero) is 1. The van der Waals surface area contributed by atoms with Gasteiger partial charge in [0, 0.05) is 25.2 Å². The number of nitrogens with zero attached hydrogens (tertiary/aromatic N) is 3. The topological polar surface area (TPSA) is 92.3 Å². The average Bonchev–Trinajstić information content (AvgIpc) is 3.30. The van der Waals surface area contributed by atoms with Gasteiger partial charge in [-0.15, -0.1) is 10.2 Å². The molecule has 7 nitrogen and oxygen atoms in total. The highest BCUT2D eigenvalue weighted by Crippen LogP contribution is 2.27. The molecule has 0 spiro atoms. The van der Waals surface area contributed by atoms with E-state index in [4.69, 9.17) is 0 Å². The van der Waals surface area contributed by atoms with Crippen LogP contribution >= 0.6 is 23.1 Å². The number of ketones is 1. The molecule has 0 bridgehead atoms. The normalized spacial score (nSPS) is 14.9. The van der Waals surface area contributed by atoms with Crippen LogP contribution in [0.1, 0.15) is 35.2 Å². The van der Waals surface area contributed by atoms with Crippen molar-refractivity contribution in [1.82, 2.24) is 14.5 Å². The molecule has 0 amide bonds. The zero-order valence-electron chi connectivity index (χ0n) is 17.4. The minimum absolute atomic E-state index is 0.0779. The molecule has 0 aliphatic carbocycles. The lowest BCUT2D eigenvalue weighted by Gasteiger charge is -2.25. The summed E-state index contributed by atoms with van der Waals surface area (Å²) in [6.45, 7) is 1.78. The first-order valence-electron chi connectivity index (χ1n) is 10.4. The number of aromatic nitrogens is 2. The molecule has 0 unspecified atom stereocenters. The van der Waals surface area contributed by atoms with Crippen molar-refractivity contribution in [2.45, 2.75) is 35.0 Å². The van der Waals surface area contributed by atoms with E-state index in [0.717, 1.165) is 24.8 Å². The average molecular weight is 489 g/mol. The molecule has 1 aliphatic heterocycles. The lowest BCUT2D eigenvalue weighted by Crippen LogP contribution is -2.35. The van der Waals surface area contributed by atoms with Gasteiger partial charge in [-0.3, -0.25) is 4.79 Å². The second-order valence-electron chi connectivity index (χ2n) is 7.41. The van der Waals surface area contributed by atoms with E-state index in [0.29, 0.717) is 34.7 Å². The molecule has 1 aliphatic rings. The molecular weight excluding hydrogens is 464 g/mol. The standard InChI is InChI=1S/C22H24N4O3S3/c27-20(16-30-22-25-24-21(31-22)23-15-17-7-3-1-4-8-17)18-9-11-19(12-10-18)32(28,29)26-13-5-2-6-14-26/h1,3-4,7-12H,2,5-6,13-16H2,(H,23,24). The van der Waals surface area contributed by atoms with E-state index in [1.54, 1.807) is 12.1 Å². The molecule has 0 atom stereocenters. The van der Waals surface area contributed by atoms with Gasteiger partial charge in [0.1, 0.15) is 0 Å². The Bertz CT molecular complexity index is 1140. The molecule has 1 saturated heterocycles. The summed E-state index contributed by atoms with van der Waals surface area (Å²) in [5.41, 5.74) is 1.64. The maximum Gasteiger partial charge on any atom is 0.243 e. The first-order valence-corrected chi connectivity index (χ1v) is 13.6. The van der Waals surface area contributed by atoms with Crippen LogP contribution in [0, 0.1) is 0 Å². The molecule has 2 heterocycles. The fourth-order valence-electron chi connectivity index (χ4n) is 3.39. The van der Waals surface area contributed by atoms with Gasteiger partial charge in [-0.1, -0.05) is 72.0 Å². The summed E-state index contributed by atoms with van der Waals surface area (Å²) in [5.74, 6) is 0.136. The SMILES string of the molecule is O=C(CSc1nnc(NCc2ccccc2)s1)c1ccc(S(=O)(=O)N2CCCCC2)cc1. The lowest BCUT2D eigenvalue weighted by atomic mass is 10.1. The van der Waals surface area contributed by atoms with Gasteiger partial charge in [-0.2, -0.15) is 4.31 Å². The second-order valence-corrected chi connectivity index (χ2v) is 11.6. The fraction of sp³-hybridized carbons (Fsp3) is 0.318. The Hall–Kier alpha value is -2.27. The molecule has 1 aromatic heterocycles. The number of hydrogen-bond donors (Lipinski definition) is 1. The van der Waals surface area contributed by atoms with Crippen molar-refractivity contribution in [3.05, 3.63) is 65.7 Å². The van der Waals surface area contributed by atoms with Gasteiger partial charge < -0.3 is 5.32 Å². The summed E-state index contributed by atoms with van der Waals surface area (Å²) >= 11 is 2.73. The maximum atomic E-state index is 12.7. The van der Waals surface area contributed by atoms with E-state index in [-0.39, 0.29) is 16.4 Å². The molecule has 32 heavy (non-hydrogen) atoms. The van der Waals surface area contributed by atoms with E-state index >= 15 is 0 Å². The first kappa shape index (κ1) is 22.9. The minimum Gasteiger partial charge on any atom is -0.356 e. The Morgan fingerprint density at radius 3 is 2.44 bits per heavy atom. The van der Waals surface area contributed by atoms with Crippen molar-refractivity contribution in [1.29, 1.82) is 0 Å². The van der Waals surface area contributed by atoms with E-state index in [2.05, 4.69) is 15.5 Å². The fourth-order valence-corrected chi connectivity index (χ4v) is 6.55. The first-order chi connectivity index (χ1) is 15.5. The molecule has 168 valence electrons. The predicted molar refractivity (Wildman–Crippen MR) is 128 cm³/mol. The van der Waals surface area contributed by atoms with Crippen molar-refractivity contribution >= 4 is 44.0 Å². The van der Waals surface area contributed by atoms with Crippen molar-refractivity contribution in [2.24, 2.45) is 0 Å². The largest absolute Gasteiger partial charge is 0.356 e. The Labute approximate surface area is 196 Å². The number of piperidine rings is 1. The minimum atomic E-state index is -3.49. The summed E-state index contributed by atoms with van der Waals surface area (Å²) in [7, 11) is -3.49. The summed E-state index contributed by atoms with van der Waals surface area (Å²) in [5, 5.41) is 12.2. The van der Waals surface area contributed by atoms with Crippen molar-refractivity contribution in [3.8, 4) is 0 Å². The number of hydrogen-bond acceptors (Lipinski definition) is 8. The monoisotopic (exact) mass is 488 g/mol. The van der Waals surface area contributed by atoms with Gasteiger partial charge in [0.05, 0.1) is 10.6 Å². The van der Waals surface area contributed by atoms with Crippen LogP contribution in [0.3, 0.4) is 0 Å². The van der Waals surface area contributed by atoms with Gasteiger partial charge >= 0.3 is 0 Å². The van der Waals surface area contributed by atoms with Crippen LogP contribution in [0.4, 0.5) is 5.13 Å². The number of carbonyl (C=O) groups is 1. The Kier molecular flexibility index (Phi) is 7.56. The van der Waals surface area contributed by atoms with Crippen LogP contribution in [0.25, 0.3) is 0 Å². The highest BCUT2D eigenvalue weighted by atomic mass is 32.2. The van der Waals surface area contributed by atoms with E-state index < -0.39 is 10.0 Å². The van der Waals surface area contributed by atoms with Gasteiger partial charge in [-0.05, 0) is 30.5 Å². The molecule has 0 radical (unpaired) electrons. The molecule has 4 rings (SSSR count). The molecule has 1 fully saturated rings. The van der Waals surface area contributed by atoms with Gasteiger partial charge in [0.15, 0.2) is 10.1 Å². The maximum absolute atomic E-state index is 12.7. The summed E-state index contributed by atoms with van der Waals surface area (Å²) in [6.07, 6.45) is 2.85. The van der Waals surface area contributed by atoms with Crippen molar-refractivity contribution in [2.75, 3.05) is 24.2 Å². The summed E-state index contributed by atoms with van der Waals surface area (Å²) in [6, 6.07) is 16.2. The van der Waals surface area contributed by atoms with E-state index in [9.17, 15) is 13.2 Å². The second kappa shape index (κ2) is 10.6. The zero-order valence-corrected chi connectivity index (χ0v) is 19.9. The van der Waals surface area contributed by atoms with E-state index in [1.165, 1.54) is 39.5 Å². The van der Waals surface area contributed by atoms with Crippen LogP contribution in [0.5, 0.6) is 0 Å². The number of benzene rings is 2. The molecule has 2 aromatic carbocycles. The molecule has 10 heteroatoms. The summed E-state index contributed by atoms with van der Waals surface area (Å²) in [4.78, 5) is 12.8. The Morgan fingerprint density at radius 1 is 1.00 bits per heavy atom. The third-order valence-corrected chi connectivity index (χ3v) is 9.08. The predicted octanol–water partition coefficient (Wildman–Crippen LogP) is 4.30. The van der Waals surface area contributed by atoms with Crippen molar-refractivity contribution < 1.29 is 13.2 Å². The van der Waals surface area contributed by atoms with E-state index in [1.807, 2.05) is 30.3 Å². The number of carbonyl (C=O) groups excluding carboxylic acids is 1. The lowest BCUT2D eigenvalue weighted by molar-refractivity contribution is 0.102. The van der Waals surface area contributed by atoms with Crippen LogP contribution < -0.4 is 5.32 Å². The number of nitrogens with one attached hydrogen (secondary N) is 1. The molecule has 3 aromatic rings. The van der Waals surface area contributed by atoms with Crippen molar-refractivity contribution in [3.63, 3.8) is 0 Å². The molecule has 0 saturated carbocycles. The molecule has 1 N–H and O–H groups in total. The smallest absolute Gasteiger partial charge is 0.243 e. The van der Waals surface area contributed by atoms with Crippen LogP contribution in [-0.4, -0.2) is 47.5 Å². The van der Waals surface area contributed by atoms with Crippen LogP contribution in [0.2, 0.25) is 0 Å². The molecular formula is C22H24N4O3S3. The number of sulfonamides is 1. The highest BCUT2D eigenvalue weighted by Gasteiger charge is 2.26. The third-order valence-electron chi connectivity index (χ3n) is 5.15. The van der Waals surface area contributed by atoms with Gasteiger partial charge in [0.25, 0.3) is 0 Å². The van der Waals surface area contributed by atoms with Gasteiger partial charge in [-0.25, -0.2) is 8.42 Å². The number of rotatable bonds is 9. The highest BCUT2D eigenvalue weighted by molar-refractivity contribution is 8.01.